The number of carbonyl (C=O) groups excluding carboxylic acids is 3. The Morgan fingerprint density at radius 1 is 1.00 bits per heavy atom. The molecular formula is C22H26N2O5. The molecule has 2 N–H and O–H groups in total. The van der Waals surface area contributed by atoms with Crippen molar-refractivity contribution < 1.29 is 23.9 Å². The van der Waals surface area contributed by atoms with Gasteiger partial charge >= 0.3 is 12.0 Å². The molecule has 0 aliphatic rings. The average Bonchev–Trinajstić information content (AvgIpc) is 2.67. The van der Waals surface area contributed by atoms with Crippen molar-refractivity contribution in [2.75, 3.05) is 18.5 Å². The lowest BCUT2D eigenvalue weighted by Crippen LogP contribution is -2.37. The largest absolute Gasteiger partial charge is 0.494 e. The van der Waals surface area contributed by atoms with Crippen molar-refractivity contribution in [2.24, 2.45) is 0 Å². The van der Waals surface area contributed by atoms with E-state index in [4.69, 9.17) is 9.47 Å². The van der Waals surface area contributed by atoms with E-state index in [1.807, 2.05) is 57.2 Å². The molecule has 7 heteroatoms. The van der Waals surface area contributed by atoms with Crippen LogP contribution in [0.5, 0.6) is 5.75 Å². The zero-order chi connectivity index (χ0) is 21.2. The second-order valence-electron chi connectivity index (χ2n) is 6.68. The maximum Gasteiger partial charge on any atom is 0.325 e. The summed E-state index contributed by atoms with van der Waals surface area (Å²) in [5.74, 6) is -0.479. The Labute approximate surface area is 170 Å². The van der Waals surface area contributed by atoms with E-state index in [0.717, 1.165) is 22.4 Å². The molecule has 3 amide bonds. The fraction of sp³-hybridized carbons (Fsp3) is 0.318. The van der Waals surface area contributed by atoms with Crippen molar-refractivity contribution in [1.82, 2.24) is 5.32 Å². The van der Waals surface area contributed by atoms with Crippen molar-refractivity contribution in [3.8, 4) is 5.75 Å². The maximum absolute atomic E-state index is 11.9. The molecule has 0 saturated heterocycles. The van der Waals surface area contributed by atoms with E-state index in [1.165, 1.54) is 0 Å². The number of rotatable bonds is 8. The molecule has 0 fully saturated rings. The van der Waals surface area contributed by atoms with Crippen LogP contribution in [0.1, 0.15) is 29.5 Å². The fourth-order valence-electron chi connectivity index (χ4n) is 2.53. The van der Waals surface area contributed by atoms with Gasteiger partial charge in [0.1, 0.15) is 5.75 Å². The van der Waals surface area contributed by atoms with E-state index < -0.39 is 24.5 Å². The molecule has 0 radical (unpaired) electrons. The molecule has 0 spiro atoms. The first-order chi connectivity index (χ1) is 13.8. The predicted molar refractivity (Wildman–Crippen MR) is 110 cm³/mol. The van der Waals surface area contributed by atoms with Crippen LogP contribution in [0.3, 0.4) is 0 Å². The Bertz CT molecular complexity index is 879. The van der Waals surface area contributed by atoms with E-state index in [1.54, 1.807) is 6.07 Å². The van der Waals surface area contributed by atoms with Crippen LogP contribution in [0.2, 0.25) is 0 Å². The van der Waals surface area contributed by atoms with Gasteiger partial charge in [0.2, 0.25) is 0 Å². The van der Waals surface area contributed by atoms with E-state index >= 15 is 0 Å². The third kappa shape index (κ3) is 7.65. The van der Waals surface area contributed by atoms with E-state index in [-0.39, 0.29) is 6.42 Å². The monoisotopic (exact) mass is 398 g/mol. The highest BCUT2D eigenvalue weighted by Gasteiger charge is 2.12. The van der Waals surface area contributed by atoms with Crippen molar-refractivity contribution in [1.29, 1.82) is 0 Å². The van der Waals surface area contributed by atoms with Gasteiger partial charge in [0.25, 0.3) is 5.91 Å². The van der Waals surface area contributed by atoms with E-state index in [0.29, 0.717) is 18.7 Å². The van der Waals surface area contributed by atoms with Crippen LogP contribution in [-0.4, -0.2) is 31.1 Å². The van der Waals surface area contributed by atoms with Gasteiger partial charge in [-0.15, -0.1) is 0 Å². The van der Waals surface area contributed by atoms with Crippen molar-refractivity contribution >= 4 is 23.6 Å². The number of aryl methyl sites for hydroxylation is 2. The molecular weight excluding hydrogens is 372 g/mol. The van der Waals surface area contributed by atoms with Crippen LogP contribution >= 0.6 is 0 Å². The number of urea groups is 1. The number of amides is 3. The Balaban J connectivity index is 1.63. The third-order valence-corrected chi connectivity index (χ3v) is 4.25. The lowest BCUT2D eigenvalue weighted by atomic mass is 10.1. The summed E-state index contributed by atoms with van der Waals surface area (Å²) in [4.78, 5) is 35.4. The number of hydrogen-bond acceptors (Lipinski definition) is 5. The molecule has 154 valence electrons. The zero-order valence-corrected chi connectivity index (χ0v) is 16.9. The lowest BCUT2D eigenvalue weighted by Gasteiger charge is -2.11. The number of imide groups is 1. The summed E-state index contributed by atoms with van der Waals surface area (Å²) in [7, 11) is 0. The molecule has 0 aliphatic carbocycles. The first kappa shape index (κ1) is 21.9. The second-order valence-corrected chi connectivity index (χ2v) is 6.68. The predicted octanol–water partition coefficient (Wildman–Crippen LogP) is 3.66. The normalized spacial score (nSPS) is 10.2. The van der Waals surface area contributed by atoms with Crippen LogP contribution in [0.15, 0.2) is 42.5 Å². The quantitative estimate of drug-likeness (QED) is 0.523. The van der Waals surface area contributed by atoms with Gasteiger partial charge in [-0.2, -0.15) is 0 Å². The second kappa shape index (κ2) is 10.8. The highest BCUT2D eigenvalue weighted by molar-refractivity contribution is 6.02. The van der Waals surface area contributed by atoms with Crippen LogP contribution in [-0.2, 0) is 14.3 Å². The molecule has 0 bridgehead atoms. The van der Waals surface area contributed by atoms with Crippen LogP contribution in [0, 0.1) is 20.8 Å². The summed E-state index contributed by atoms with van der Waals surface area (Å²) in [5.41, 5.74) is 3.64. The average molecular weight is 398 g/mol. The topological polar surface area (TPSA) is 93.7 Å². The number of anilines is 1. The molecule has 0 aliphatic heterocycles. The number of hydrogen-bond donors (Lipinski definition) is 2. The summed E-state index contributed by atoms with van der Waals surface area (Å²) < 4.78 is 10.4. The lowest BCUT2D eigenvalue weighted by molar-refractivity contribution is -0.148. The van der Waals surface area contributed by atoms with Gasteiger partial charge in [-0.05, 0) is 62.1 Å². The highest BCUT2D eigenvalue weighted by atomic mass is 16.5. The van der Waals surface area contributed by atoms with Gasteiger partial charge in [0, 0.05) is 12.1 Å². The molecule has 2 aromatic rings. The number of nitrogens with one attached hydrogen (secondary N) is 2. The number of carbonyl (C=O) groups is 3. The molecule has 2 aromatic carbocycles. The van der Waals surface area contributed by atoms with Gasteiger partial charge in [-0.25, -0.2) is 4.79 Å². The van der Waals surface area contributed by atoms with Crippen LogP contribution in [0.25, 0.3) is 0 Å². The Hall–Kier alpha value is -3.35. The standard InChI is InChI=1S/C22H26N2O5/c1-15-7-4-9-18(13-15)28-12-6-11-21(26)29-14-20(25)24-22(27)23-19-10-5-8-16(2)17(19)3/h4-5,7-10,13H,6,11-12,14H2,1-3H3,(H2,23,24,25,27). The molecule has 0 unspecified atom stereocenters. The van der Waals surface area contributed by atoms with Crippen molar-refractivity contribution in [3.63, 3.8) is 0 Å². The van der Waals surface area contributed by atoms with Gasteiger partial charge in [-0.1, -0.05) is 24.3 Å². The number of esters is 1. The molecule has 0 aromatic heterocycles. The highest BCUT2D eigenvalue weighted by Crippen LogP contribution is 2.17. The summed E-state index contributed by atoms with van der Waals surface area (Å²) in [6.07, 6.45) is 0.579. The van der Waals surface area contributed by atoms with Gasteiger partial charge in [0.05, 0.1) is 6.61 Å². The number of benzene rings is 2. The Kier molecular flexibility index (Phi) is 8.21. The number of ether oxygens (including phenoxy) is 2. The summed E-state index contributed by atoms with van der Waals surface area (Å²) in [6.45, 7) is 5.62. The zero-order valence-electron chi connectivity index (χ0n) is 16.9. The molecule has 0 saturated carbocycles. The molecule has 0 atom stereocenters. The summed E-state index contributed by atoms with van der Waals surface area (Å²) >= 11 is 0. The smallest absolute Gasteiger partial charge is 0.325 e. The molecule has 7 nitrogen and oxygen atoms in total. The van der Waals surface area contributed by atoms with Crippen molar-refractivity contribution in [3.05, 3.63) is 59.2 Å². The van der Waals surface area contributed by atoms with Crippen LogP contribution in [0.4, 0.5) is 10.5 Å². The minimum Gasteiger partial charge on any atom is -0.494 e. The third-order valence-electron chi connectivity index (χ3n) is 4.25. The van der Waals surface area contributed by atoms with E-state index in [9.17, 15) is 14.4 Å². The first-order valence-electron chi connectivity index (χ1n) is 9.37. The minimum atomic E-state index is -0.697. The molecule has 2 rings (SSSR count). The van der Waals surface area contributed by atoms with Gasteiger partial charge < -0.3 is 14.8 Å². The summed E-state index contributed by atoms with van der Waals surface area (Å²) in [6, 6.07) is 12.4. The minimum absolute atomic E-state index is 0.119. The Morgan fingerprint density at radius 2 is 1.76 bits per heavy atom. The van der Waals surface area contributed by atoms with Gasteiger partial charge in [-0.3, -0.25) is 14.9 Å². The Morgan fingerprint density at radius 3 is 2.52 bits per heavy atom. The fourth-order valence-corrected chi connectivity index (χ4v) is 2.53. The maximum atomic E-state index is 11.9. The van der Waals surface area contributed by atoms with Gasteiger partial charge in [0.15, 0.2) is 6.61 Å². The molecule has 0 heterocycles. The van der Waals surface area contributed by atoms with E-state index in [2.05, 4.69) is 10.6 Å². The first-order valence-corrected chi connectivity index (χ1v) is 9.37. The summed E-state index contributed by atoms with van der Waals surface area (Å²) in [5, 5.41) is 4.74. The SMILES string of the molecule is Cc1cccc(OCCCC(=O)OCC(=O)NC(=O)Nc2cccc(C)c2C)c1. The van der Waals surface area contributed by atoms with Crippen molar-refractivity contribution in [2.45, 2.75) is 33.6 Å². The molecule has 29 heavy (non-hydrogen) atoms. The van der Waals surface area contributed by atoms with Crippen LogP contribution < -0.4 is 15.4 Å².